The first-order valence-corrected chi connectivity index (χ1v) is 8.35. The molecule has 19 heavy (non-hydrogen) atoms. The maximum Gasteiger partial charge on any atom is 0.0135 e. The molecule has 0 aromatic heterocycles. The van der Waals surface area contributed by atoms with Crippen molar-refractivity contribution in [3.8, 4) is 0 Å². The number of hydrogen-bond donors (Lipinski definition) is 1. The average molecular weight is 266 g/mol. The van der Waals surface area contributed by atoms with Crippen LogP contribution in [0.5, 0.6) is 0 Å². The van der Waals surface area contributed by atoms with E-state index in [1.165, 1.54) is 44.9 Å². The van der Waals surface area contributed by atoms with Crippen molar-refractivity contribution in [3.05, 3.63) is 0 Å². The summed E-state index contributed by atoms with van der Waals surface area (Å²) >= 11 is 0. The van der Waals surface area contributed by atoms with Gasteiger partial charge in [0.05, 0.1) is 0 Å². The van der Waals surface area contributed by atoms with Gasteiger partial charge in [0.15, 0.2) is 0 Å². The SMILES string of the molecule is CC1CC(N(C)C2CCCCC2CN)CC(C)(C)C1. The molecule has 112 valence electrons. The Morgan fingerprint density at radius 2 is 1.84 bits per heavy atom. The predicted octanol–water partition coefficient (Wildman–Crippen LogP) is 3.65. The summed E-state index contributed by atoms with van der Waals surface area (Å²) in [6, 6.07) is 1.51. The fourth-order valence-electron chi connectivity index (χ4n) is 4.88. The Bertz CT molecular complexity index is 287. The van der Waals surface area contributed by atoms with Gasteiger partial charge in [-0.2, -0.15) is 0 Å². The molecule has 0 aromatic rings. The summed E-state index contributed by atoms with van der Waals surface area (Å²) < 4.78 is 0. The van der Waals surface area contributed by atoms with E-state index in [1.807, 2.05) is 0 Å². The third-order valence-electron chi connectivity index (χ3n) is 5.63. The highest BCUT2D eigenvalue weighted by Gasteiger charge is 2.37. The van der Waals surface area contributed by atoms with Gasteiger partial charge in [-0.1, -0.05) is 33.6 Å². The zero-order valence-corrected chi connectivity index (χ0v) is 13.5. The molecule has 2 aliphatic rings. The maximum absolute atomic E-state index is 6.01. The van der Waals surface area contributed by atoms with E-state index in [9.17, 15) is 0 Å². The van der Waals surface area contributed by atoms with Crippen LogP contribution in [0.25, 0.3) is 0 Å². The molecule has 2 saturated carbocycles. The molecule has 0 aliphatic heterocycles. The van der Waals surface area contributed by atoms with Gasteiger partial charge in [-0.25, -0.2) is 0 Å². The highest BCUT2D eigenvalue weighted by Crippen LogP contribution is 2.41. The van der Waals surface area contributed by atoms with Crippen molar-refractivity contribution in [2.75, 3.05) is 13.6 Å². The van der Waals surface area contributed by atoms with Crippen LogP contribution in [0.3, 0.4) is 0 Å². The van der Waals surface area contributed by atoms with Crippen LogP contribution in [-0.4, -0.2) is 30.6 Å². The molecular weight excluding hydrogens is 232 g/mol. The van der Waals surface area contributed by atoms with Crippen LogP contribution < -0.4 is 5.73 Å². The lowest BCUT2D eigenvalue weighted by atomic mass is 9.69. The fraction of sp³-hybridized carbons (Fsp3) is 1.00. The lowest BCUT2D eigenvalue weighted by Crippen LogP contribution is -2.50. The largest absolute Gasteiger partial charge is 0.330 e. The summed E-state index contributed by atoms with van der Waals surface area (Å²) in [6.45, 7) is 8.21. The van der Waals surface area contributed by atoms with Gasteiger partial charge in [-0.3, -0.25) is 0 Å². The number of nitrogens with two attached hydrogens (primary N) is 1. The molecule has 0 heterocycles. The van der Waals surface area contributed by atoms with Gasteiger partial charge in [0, 0.05) is 12.1 Å². The van der Waals surface area contributed by atoms with Gasteiger partial charge in [0.2, 0.25) is 0 Å². The molecule has 0 bridgehead atoms. The predicted molar refractivity (Wildman–Crippen MR) is 83.1 cm³/mol. The van der Waals surface area contributed by atoms with E-state index in [2.05, 4.69) is 32.7 Å². The minimum absolute atomic E-state index is 0.517. The average Bonchev–Trinajstić information content (AvgIpc) is 2.35. The van der Waals surface area contributed by atoms with E-state index in [0.29, 0.717) is 5.41 Å². The second-order valence-electron chi connectivity index (χ2n) is 8.08. The second-order valence-corrected chi connectivity index (χ2v) is 8.08. The molecule has 4 unspecified atom stereocenters. The molecule has 0 spiro atoms. The summed E-state index contributed by atoms with van der Waals surface area (Å²) in [5, 5.41) is 0. The van der Waals surface area contributed by atoms with Gasteiger partial charge < -0.3 is 10.6 Å². The fourth-order valence-corrected chi connectivity index (χ4v) is 4.88. The van der Waals surface area contributed by atoms with Gasteiger partial charge in [-0.05, 0) is 62.9 Å². The standard InChI is InChI=1S/C17H34N2/c1-13-9-15(11-17(2,3)10-13)19(4)16-8-6-5-7-14(16)12-18/h13-16H,5-12,18H2,1-4H3. The Morgan fingerprint density at radius 1 is 1.16 bits per heavy atom. The van der Waals surface area contributed by atoms with E-state index >= 15 is 0 Å². The maximum atomic E-state index is 6.01. The summed E-state index contributed by atoms with van der Waals surface area (Å²) in [7, 11) is 2.37. The van der Waals surface area contributed by atoms with E-state index in [1.54, 1.807) is 0 Å². The molecule has 2 N–H and O–H groups in total. The van der Waals surface area contributed by atoms with Gasteiger partial charge in [0.1, 0.15) is 0 Å². The lowest BCUT2D eigenvalue weighted by Gasteiger charge is -2.48. The topological polar surface area (TPSA) is 29.3 Å². The molecule has 2 nitrogen and oxygen atoms in total. The Morgan fingerprint density at radius 3 is 2.47 bits per heavy atom. The molecule has 0 radical (unpaired) electrons. The van der Waals surface area contributed by atoms with Gasteiger partial charge >= 0.3 is 0 Å². The minimum Gasteiger partial charge on any atom is -0.330 e. The van der Waals surface area contributed by atoms with Gasteiger partial charge in [0.25, 0.3) is 0 Å². The number of hydrogen-bond acceptors (Lipinski definition) is 2. The van der Waals surface area contributed by atoms with Crippen LogP contribution in [0.1, 0.15) is 65.7 Å². The summed E-state index contributed by atoms with van der Waals surface area (Å²) in [5.41, 5.74) is 6.53. The van der Waals surface area contributed by atoms with Crippen molar-refractivity contribution in [1.82, 2.24) is 4.90 Å². The Labute approximate surface area is 120 Å². The Kier molecular flexibility index (Phi) is 4.94. The van der Waals surface area contributed by atoms with Crippen molar-refractivity contribution in [2.24, 2.45) is 23.0 Å². The first-order valence-electron chi connectivity index (χ1n) is 8.35. The number of rotatable bonds is 3. The second kappa shape index (κ2) is 6.13. The van der Waals surface area contributed by atoms with E-state index in [-0.39, 0.29) is 0 Å². The van der Waals surface area contributed by atoms with Crippen molar-refractivity contribution in [1.29, 1.82) is 0 Å². The lowest BCUT2D eigenvalue weighted by molar-refractivity contribution is 0.0264. The van der Waals surface area contributed by atoms with E-state index < -0.39 is 0 Å². The highest BCUT2D eigenvalue weighted by molar-refractivity contribution is 4.92. The summed E-state index contributed by atoms with van der Waals surface area (Å²) in [6.07, 6.45) is 9.63. The number of nitrogens with zero attached hydrogens (tertiary/aromatic N) is 1. The van der Waals surface area contributed by atoms with Crippen LogP contribution in [0, 0.1) is 17.3 Å². The molecular formula is C17H34N2. The Hall–Kier alpha value is -0.0800. The van der Waals surface area contributed by atoms with Crippen LogP contribution in [0.15, 0.2) is 0 Å². The summed E-state index contributed by atoms with van der Waals surface area (Å²) in [5.74, 6) is 1.61. The molecule has 2 rings (SSSR count). The van der Waals surface area contributed by atoms with Crippen LogP contribution in [0.2, 0.25) is 0 Å². The highest BCUT2D eigenvalue weighted by atomic mass is 15.2. The van der Waals surface area contributed by atoms with Crippen LogP contribution in [-0.2, 0) is 0 Å². The minimum atomic E-state index is 0.517. The molecule has 2 heteroatoms. The quantitative estimate of drug-likeness (QED) is 0.845. The Balaban J connectivity index is 2.03. The van der Waals surface area contributed by atoms with Crippen molar-refractivity contribution in [2.45, 2.75) is 77.8 Å². The molecule has 0 amide bonds. The smallest absolute Gasteiger partial charge is 0.0135 e. The first kappa shape index (κ1) is 15.3. The van der Waals surface area contributed by atoms with Gasteiger partial charge in [-0.15, -0.1) is 0 Å². The van der Waals surface area contributed by atoms with Crippen molar-refractivity contribution < 1.29 is 0 Å². The van der Waals surface area contributed by atoms with Crippen LogP contribution in [0.4, 0.5) is 0 Å². The zero-order chi connectivity index (χ0) is 14.0. The molecule has 2 aliphatic carbocycles. The normalized spacial score (nSPS) is 39.5. The third-order valence-corrected chi connectivity index (χ3v) is 5.63. The molecule has 2 fully saturated rings. The third kappa shape index (κ3) is 3.72. The van der Waals surface area contributed by atoms with E-state index in [0.717, 1.165) is 30.5 Å². The van der Waals surface area contributed by atoms with Crippen LogP contribution >= 0.6 is 0 Å². The van der Waals surface area contributed by atoms with Crippen molar-refractivity contribution >= 4 is 0 Å². The molecule has 4 atom stereocenters. The van der Waals surface area contributed by atoms with Crippen molar-refractivity contribution in [3.63, 3.8) is 0 Å². The molecule has 0 saturated heterocycles. The summed E-state index contributed by atoms with van der Waals surface area (Å²) in [4.78, 5) is 2.72. The monoisotopic (exact) mass is 266 g/mol. The van der Waals surface area contributed by atoms with E-state index in [4.69, 9.17) is 5.73 Å². The first-order chi connectivity index (χ1) is 8.93. The molecule has 0 aromatic carbocycles. The zero-order valence-electron chi connectivity index (χ0n) is 13.5.